The Morgan fingerprint density at radius 1 is 1.29 bits per heavy atom. The van der Waals surface area contributed by atoms with Gasteiger partial charge in [0.2, 0.25) is 0 Å². The third-order valence-corrected chi connectivity index (χ3v) is 2.53. The van der Waals surface area contributed by atoms with E-state index in [4.69, 9.17) is 10.2 Å². The molecule has 1 aromatic rings. The van der Waals surface area contributed by atoms with Gasteiger partial charge in [-0.3, -0.25) is 0 Å². The van der Waals surface area contributed by atoms with Crippen LogP contribution in [0.5, 0.6) is 0 Å². The van der Waals surface area contributed by atoms with Crippen LogP contribution in [0.15, 0.2) is 23.9 Å². The lowest BCUT2D eigenvalue weighted by atomic mass is 10.1. The molecule has 21 heavy (non-hydrogen) atoms. The molecule has 0 saturated heterocycles. The van der Waals surface area contributed by atoms with Crippen LogP contribution in [0.25, 0.3) is 0 Å². The predicted molar refractivity (Wildman–Crippen MR) is 68.7 cm³/mol. The topological polar surface area (TPSA) is 107 Å². The third-order valence-electron chi connectivity index (χ3n) is 2.53. The maximum atomic E-state index is 13.7. The van der Waals surface area contributed by atoms with Crippen molar-refractivity contribution in [2.24, 2.45) is 0 Å². The molecule has 0 aliphatic rings. The number of benzene rings is 1. The number of anilines is 1. The van der Waals surface area contributed by atoms with Gasteiger partial charge in [-0.05, 0) is 19.1 Å². The molecule has 0 bridgehead atoms. The number of hydrogen-bond donors (Lipinski definition) is 4. The Kier molecular flexibility index (Phi) is 5.37. The second-order valence-corrected chi connectivity index (χ2v) is 4.25. The van der Waals surface area contributed by atoms with Crippen LogP contribution in [0.2, 0.25) is 0 Å². The first-order valence-corrected chi connectivity index (χ1v) is 5.82. The lowest BCUT2D eigenvalue weighted by molar-refractivity contribution is -0.140. The molecule has 0 amide bonds. The average Bonchev–Trinajstić information content (AvgIpc) is 2.36. The molecule has 0 heterocycles. The standard InChI is InChI=1S/C13H13F2NO5/c1-6(17)4-7-10(3-2-9(14)11(7)15)16-5-8(12(18)19)13(20)21/h2-3,5-6,16-17H,4H2,1H3,(H,18,19)(H,20,21). The van der Waals surface area contributed by atoms with Gasteiger partial charge in [-0.1, -0.05) is 0 Å². The van der Waals surface area contributed by atoms with Gasteiger partial charge < -0.3 is 20.6 Å². The molecule has 6 nitrogen and oxygen atoms in total. The van der Waals surface area contributed by atoms with E-state index in [-0.39, 0.29) is 17.7 Å². The Morgan fingerprint density at radius 3 is 2.33 bits per heavy atom. The summed E-state index contributed by atoms with van der Waals surface area (Å²) in [5.41, 5.74) is -1.21. The first-order valence-electron chi connectivity index (χ1n) is 5.82. The van der Waals surface area contributed by atoms with E-state index in [1.165, 1.54) is 6.92 Å². The molecule has 0 fully saturated rings. The van der Waals surface area contributed by atoms with E-state index in [2.05, 4.69) is 5.32 Å². The van der Waals surface area contributed by atoms with Crippen molar-refractivity contribution < 1.29 is 33.7 Å². The number of aliphatic carboxylic acids is 2. The highest BCUT2D eigenvalue weighted by Gasteiger charge is 2.18. The summed E-state index contributed by atoms with van der Waals surface area (Å²) in [7, 11) is 0. The zero-order chi connectivity index (χ0) is 16.2. The monoisotopic (exact) mass is 301 g/mol. The minimum atomic E-state index is -1.69. The van der Waals surface area contributed by atoms with Crippen LogP contribution in [-0.4, -0.2) is 33.4 Å². The van der Waals surface area contributed by atoms with E-state index in [1.807, 2.05) is 0 Å². The van der Waals surface area contributed by atoms with Gasteiger partial charge in [0.05, 0.1) is 6.10 Å². The highest BCUT2D eigenvalue weighted by molar-refractivity contribution is 6.12. The number of carbonyl (C=O) groups is 2. The van der Waals surface area contributed by atoms with Crippen LogP contribution in [-0.2, 0) is 16.0 Å². The summed E-state index contributed by atoms with van der Waals surface area (Å²) in [6.07, 6.45) is -0.540. The summed E-state index contributed by atoms with van der Waals surface area (Å²) in [6, 6.07) is 1.92. The van der Waals surface area contributed by atoms with Gasteiger partial charge in [0, 0.05) is 23.9 Å². The van der Waals surface area contributed by atoms with Gasteiger partial charge in [-0.15, -0.1) is 0 Å². The van der Waals surface area contributed by atoms with E-state index in [0.717, 1.165) is 12.1 Å². The molecule has 1 rings (SSSR count). The van der Waals surface area contributed by atoms with Crippen LogP contribution in [0.3, 0.4) is 0 Å². The minimum Gasteiger partial charge on any atom is -0.477 e. The van der Waals surface area contributed by atoms with Crippen molar-refractivity contribution in [1.29, 1.82) is 0 Å². The zero-order valence-corrected chi connectivity index (χ0v) is 10.9. The van der Waals surface area contributed by atoms with Crippen LogP contribution in [0.4, 0.5) is 14.5 Å². The van der Waals surface area contributed by atoms with Crippen LogP contribution < -0.4 is 5.32 Å². The van der Waals surface area contributed by atoms with E-state index in [0.29, 0.717) is 6.20 Å². The van der Waals surface area contributed by atoms with Crippen molar-refractivity contribution in [3.8, 4) is 0 Å². The Bertz CT molecular complexity index is 582. The zero-order valence-electron chi connectivity index (χ0n) is 10.9. The number of halogens is 2. The molecule has 1 aromatic carbocycles. The molecular formula is C13H13F2NO5. The van der Waals surface area contributed by atoms with E-state index in [1.54, 1.807) is 0 Å². The second kappa shape index (κ2) is 6.80. The SMILES string of the molecule is CC(O)Cc1c(NC=C(C(=O)O)C(=O)O)ccc(F)c1F. The summed E-state index contributed by atoms with van der Waals surface area (Å²) >= 11 is 0. The van der Waals surface area contributed by atoms with Crippen LogP contribution in [0.1, 0.15) is 12.5 Å². The number of hydrogen-bond acceptors (Lipinski definition) is 4. The molecule has 114 valence electrons. The molecule has 8 heteroatoms. The average molecular weight is 301 g/mol. The fraction of sp³-hybridized carbons (Fsp3) is 0.231. The molecule has 0 aliphatic carbocycles. The fourth-order valence-electron chi connectivity index (χ4n) is 1.59. The van der Waals surface area contributed by atoms with Gasteiger partial charge >= 0.3 is 11.9 Å². The Balaban J connectivity index is 3.19. The molecular weight excluding hydrogens is 288 g/mol. The number of nitrogens with one attached hydrogen (secondary N) is 1. The number of aliphatic hydroxyl groups is 1. The number of aliphatic hydroxyl groups excluding tert-OH is 1. The summed E-state index contributed by atoms with van der Waals surface area (Å²) in [6.45, 7) is 1.36. The number of rotatable bonds is 6. The van der Waals surface area contributed by atoms with E-state index < -0.39 is 35.3 Å². The Hall–Kier alpha value is -2.48. The summed E-state index contributed by atoms with van der Waals surface area (Å²) in [4.78, 5) is 21.4. The fourth-order valence-corrected chi connectivity index (χ4v) is 1.59. The smallest absolute Gasteiger partial charge is 0.344 e. The third kappa shape index (κ3) is 4.25. The normalized spacial score (nSPS) is 11.6. The molecule has 1 atom stereocenters. The lowest BCUT2D eigenvalue weighted by Crippen LogP contribution is -2.14. The molecule has 0 spiro atoms. The Morgan fingerprint density at radius 2 is 1.86 bits per heavy atom. The van der Waals surface area contributed by atoms with Gasteiger partial charge in [-0.2, -0.15) is 0 Å². The van der Waals surface area contributed by atoms with Gasteiger partial charge in [0.15, 0.2) is 17.2 Å². The van der Waals surface area contributed by atoms with Crippen molar-refractivity contribution in [2.75, 3.05) is 5.32 Å². The van der Waals surface area contributed by atoms with Crippen molar-refractivity contribution in [3.63, 3.8) is 0 Å². The van der Waals surface area contributed by atoms with Crippen molar-refractivity contribution >= 4 is 17.6 Å². The lowest BCUT2D eigenvalue weighted by Gasteiger charge is -2.13. The van der Waals surface area contributed by atoms with Crippen molar-refractivity contribution in [2.45, 2.75) is 19.4 Å². The first-order chi connectivity index (χ1) is 9.73. The quantitative estimate of drug-likeness (QED) is 0.359. The summed E-state index contributed by atoms with van der Waals surface area (Å²) < 4.78 is 26.9. The number of carboxylic acid groups (broad SMARTS) is 2. The van der Waals surface area contributed by atoms with Gasteiger partial charge in [-0.25, -0.2) is 18.4 Å². The first kappa shape index (κ1) is 16.6. The summed E-state index contributed by atoms with van der Waals surface area (Å²) in [5.74, 6) is -5.69. The van der Waals surface area contributed by atoms with Crippen LogP contribution in [0, 0.1) is 11.6 Å². The van der Waals surface area contributed by atoms with Gasteiger partial charge in [0.25, 0.3) is 0 Å². The van der Waals surface area contributed by atoms with E-state index in [9.17, 15) is 23.5 Å². The second-order valence-electron chi connectivity index (χ2n) is 4.25. The number of carboxylic acids is 2. The molecule has 4 N–H and O–H groups in total. The largest absolute Gasteiger partial charge is 0.477 e. The van der Waals surface area contributed by atoms with Gasteiger partial charge in [0.1, 0.15) is 0 Å². The van der Waals surface area contributed by atoms with Crippen molar-refractivity contribution in [1.82, 2.24) is 0 Å². The molecule has 0 aliphatic heterocycles. The van der Waals surface area contributed by atoms with Crippen LogP contribution >= 0.6 is 0 Å². The predicted octanol–water partition coefficient (Wildman–Crippen LogP) is 1.35. The highest BCUT2D eigenvalue weighted by atomic mass is 19.2. The summed E-state index contributed by atoms with van der Waals surface area (Å²) in [5, 5.41) is 28.9. The highest BCUT2D eigenvalue weighted by Crippen LogP contribution is 2.23. The molecule has 1 unspecified atom stereocenters. The molecule has 0 radical (unpaired) electrons. The Labute approximate surface area is 118 Å². The molecule has 0 aromatic heterocycles. The van der Waals surface area contributed by atoms with E-state index >= 15 is 0 Å². The minimum absolute atomic E-state index is 0.0326. The maximum Gasteiger partial charge on any atom is 0.344 e. The molecule has 0 saturated carbocycles. The maximum absolute atomic E-state index is 13.7. The van der Waals surface area contributed by atoms with Crippen molar-refractivity contribution in [3.05, 3.63) is 41.1 Å².